The number of fused-ring (bicyclic) bond motifs is 1. The van der Waals surface area contributed by atoms with E-state index in [9.17, 15) is 0 Å². The predicted octanol–water partition coefficient (Wildman–Crippen LogP) is 6.20. The average molecular weight is 332 g/mol. The summed E-state index contributed by atoms with van der Waals surface area (Å²) in [6.45, 7) is 2.12. The Morgan fingerprint density at radius 1 is 0.680 bits per heavy atom. The van der Waals surface area contributed by atoms with E-state index >= 15 is 0 Å². The van der Waals surface area contributed by atoms with Crippen molar-refractivity contribution in [1.29, 1.82) is 0 Å². The zero-order valence-electron chi connectivity index (χ0n) is 23.6. The molecule has 0 heterocycles. The molecular weight excluding hydrogens is 301 g/mol. The maximum Gasteiger partial charge on any atom is 0.0645 e. The second-order valence-electron chi connectivity index (χ2n) is 4.98. The maximum atomic E-state index is 7.79. The average Bonchev–Trinajstić information content (AvgIpc) is 2.83. The first kappa shape index (κ1) is 8.91. The molecule has 0 amide bonds. The van der Waals surface area contributed by atoms with E-state index in [-0.39, 0.29) is 19.8 Å². The van der Waals surface area contributed by atoms with Crippen LogP contribution in [0.3, 0.4) is 0 Å². The van der Waals surface area contributed by atoms with Crippen molar-refractivity contribution in [3.05, 3.63) is 108 Å². The van der Waals surface area contributed by atoms with Gasteiger partial charge in [-0.1, -0.05) is 84.3 Å². The van der Waals surface area contributed by atoms with E-state index < -0.39 is 60.4 Å². The Balaban J connectivity index is 0.000000300. The Morgan fingerprint density at radius 2 is 1.20 bits per heavy atom. The van der Waals surface area contributed by atoms with Gasteiger partial charge in [-0.3, -0.25) is 0 Å². The fraction of sp³-hybridized carbons (Fsp3) is 0.0435. The molecular formula is C23H21BN. The third-order valence-electron chi connectivity index (χ3n) is 3.15. The molecule has 3 radical (unpaired) electrons. The van der Waals surface area contributed by atoms with Crippen LogP contribution in [0.4, 0.5) is 11.4 Å². The van der Waals surface area contributed by atoms with Crippen LogP contribution in [0.15, 0.2) is 103 Å². The van der Waals surface area contributed by atoms with E-state index in [1.807, 2.05) is 0 Å². The van der Waals surface area contributed by atoms with Gasteiger partial charge in [0, 0.05) is 19.8 Å². The number of rotatable bonds is 2. The van der Waals surface area contributed by atoms with Crippen LogP contribution >= 0.6 is 0 Å². The zero-order chi connectivity index (χ0) is 25.3. The van der Waals surface area contributed by atoms with Crippen LogP contribution in [0.5, 0.6) is 0 Å². The number of aryl methyl sites for hydroxylation is 1. The Labute approximate surface area is 166 Å². The van der Waals surface area contributed by atoms with Gasteiger partial charge in [0.05, 0.1) is 13.7 Å². The molecule has 0 atom stereocenters. The first-order valence-corrected chi connectivity index (χ1v) is 7.32. The number of benzene rings is 4. The lowest BCUT2D eigenvalue weighted by Gasteiger charge is -2.04. The fourth-order valence-electron chi connectivity index (χ4n) is 2.06. The Kier molecular flexibility index (Phi) is 3.33. The third-order valence-corrected chi connectivity index (χ3v) is 3.15. The van der Waals surface area contributed by atoms with E-state index in [0.717, 1.165) is 0 Å². The van der Waals surface area contributed by atoms with Crippen molar-refractivity contribution in [3.63, 3.8) is 0 Å². The summed E-state index contributed by atoms with van der Waals surface area (Å²) in [4.78, 5) is 0. The Bertz CT molecular complexity index is 1280. The lowest BCUT2D eigenvalue weighted by molar-refractivity contribution is 1.51. The van der Waals surface area contributed by atoms with E-state index in [2.05, 4.69) is 54.7 Å². The Morgan fingerprint density at radius 3 is 1.76 bits per heavy atom. The van der Waals surface area contributed by atoms with E-state index in [4.69, 9.17) is 13.7 Å². The first-order chi connectivity index (χ1) is 16.0. The maximum absolute atomic E-state index is 7.79. The molecule has 4 rings (SSSR count). The van der Waals surface area contributed by atoms with Crippen LogP contribution in [0.1, 0.15) is 19.3 Å². The summed E-state index contributed by atoms with van der Waals surface area (Å²) in [7, 11) is 0. The molecule has 0 unspecified atom stereocenters. The molecule has 25 heavy (non-hydrogen) atoms. The number of hydrogen-bond donors (Lipinski definition) is 1. The molecule has 4 aromatic carbocycles. The highest BCUT2D eigenvalue weighted by Crippen LogP contribution is 2.15. The van der Waals surface area contributed by atoms with Gasteiger partial charge in [-0.25, -0.2) is 0 Å². The van der Waals surface area contributed by atoms with Crippen LogP contribution in [0, 0.1) is 6.92 Å². The van der Waals surface area contributed by atoms with Crippen molar-refractivity contribution in [2.45, 2.75) is 6.92 Å². The van der Waals surface area contributed by atoms with Gasteiger partial charge in [0.1, 0.15) is 0 Å². The number of anilines is 2. The molecule has 0 bridgehead atoms. The van der Waals surface area contributed by atoms with Crippen LogP contribution in [-0.2, 0) is 0 Å². The standard InChI is InChI=1S/C12H11N.C11H10.B/c1-3-7-11(8-4-1)13-12-9-5-2-6-10-12;1-9-6-7-10-4-2-3-5-11(10)8-9;/h1-10,13H;2-8H,1H3;/i1D,2D,3D,4D,5D,6D,7D,8D,9D,10D;;. The normalized spacial score (nSPS) is 15.1. The molecule has 0 saturated heterocycles. The van der Waals surface area contributed by atoms with Crippen molar-refractivity contribution in [1.82, 2.24) is 0 Å². The minimum Gasteiger partial charge on any atom is -0.356 e. The van der Waals surface area contributed by atoms with Crippen LogP contribution in [0.25, 0.3) is 10.8 Å². The monoisotopic (exact) mass is 332 g/mol. The quantitative estimate of drug-likeness (QED) is 0.431. The molecule has 4 aromatic rings. The number of nitrogens with one attached hydrogen (secondary N) is 1. The van der Waals surface area contributed by atoms with E-state index in [0.29, 0.717) is 0 Å². The highest BCUT2D eigenvalue weighted by molar-refractivity contribution is 5.82. The SMILES string of the molecule is Cc1ccc2ccccc2c1.[2H]c1c([2H])c([2H])c(Nc2c([2H])c([2H])c([2H])c([2H])c2[2H])c([2H])c1[2H].[B]. The molecule has 0 aliphatic rings. The van der Waals surface area contributed by atoms with Crippen LogP contribution in [-0.4, -0.2) is 8.41 Å². The zero-order valence-corrected chi connectivity index (χ0v) is 13.6. The van der Waals surface area contributed by atoms with Gasteiger partial charge in [0.2, 0.25) is 0 Å². The van der Waals surface area contributed by atoms with Crippen molar-refractivity contribution in [2.75, 3.05) is 5.32 Å². The van der Waals surface area contributed by atoms with Gasteiger partial charge >= 0.3 is 0 Å². The summed E-state index contributed by atoms with van der Waals surface area (Å²) in [5.41, 5.74) is 0.618. The highest BCUT2D eigenvalue weighted by atomic mass is 14.9. The van der Waals surface area contributed by atoms with Crippen molar-refractivity contribution in [3.8, 4) is 0 Å². The highest BCUT2D eigenvalue weighted by Gasteiger charge is 1.90. The first-order valence-electron chi connectivity index (χ1n) is 12.3. The van der Waals surface area contributed by atoms with Gasteiger partial charge in [0.15, 0.2) is 0 Å². The topological polar surface area (TPSA) is 12.0 Å². The molecule has 121 valence electrons. The minimum absolute atomic E-state index is 0. The van der Waals surface area contributed by atoms with Gasteiger partial charge < -0.3 is 5.32 Å². The molecule has 0 fully saturated rings. The minimum atomic E-state index is -0.583. The predicted molar refractivity (Wildman–Crippen MR) is 111 cm³/mol. The summed E-state index contributed by atoms with van der Waals surface area (Å²) >= 11 is 0. The molecule has 2 heteroatoms. The molecule has 1 N–H and O–H groups in total. The lowest BCUT2D eigenvalue weighted by atomic mass is 10.1. The van der Waals surface area contributed by atoms with Crippen LogP contribution in [0.2, 0.25) is 0 Å². The summed E-state index contributed by atoms with van der Waals surface area (Å²) < 4.78 is 76.5. The van der Waals surface area contributed by atoms with E-state index in [1.54, 1.807) is 0 Å². The largest absolute Gasteiger partial charge is 0.356 e. The molecule has 1 nitrogen and oxygen atoms in total. The van der Waals surface area contributed by atoms with Gasteiger partial charge in [-0.15, -0.1) is 0 Å². The van der Waals surface area contributed by atoms with Crippen molar-refractivity contribution in [2.24, 2.45) is 0 Å². The molecule has 0 aliphatic carbocycles. The molecule has 0 spiro atoms. The smallest absolute Gasteiger partial charge is 0.0645 e. The van der Waals surface area contributed by atoms with Gasteiger partial charge in [-0.05, 0) is 41.9 Å². The molecule has 0 aliphatic heterocycles. The van der Waals surface area contributed by atoms with Crippen molar-refractivity contribution < 1.29 is 13.7 Å². The second kappa shape index (κ2) is 9.34. The summed E-state index contributed by atoms with van der Waals surface area (Å²) in [5, 5.41) is 5.04. The lowest BCUT2D eigenvalue weighted by Crippen LogP contribution is -1.87. The molecule has 0 saturated carbocycles. The Hall–Kier alpha value is -3.00. The van der Waals surface area contributed by atoms with Gasteiger partial charge in [0.25, 0.3) is 0 Å². The summed E-state index contributed by atoms with van der Waals surface area (Å²) in [6.07, 6.45) is 0. The summed E-state index contributed by atoms with van der Waals surface area (Å²) in [6, 6.07) is 9.22. The van der Waals surface area contributed by atoms with E-state index in [1.165, 1.54) is 16.3 Å². The third kappa shape index (κ3) is 5.54. The number of para-hydroxylation sites is 2. The summed E-state index contributed by atoms with van der Waals surface area (Å²) in [5.74, 6) is 0. The fourth-order valence-corrected chi connectivity index (χ4v) is 2.06. The van der Waals surface area contributed by atoms with Crippen LogP contribution < -0.4 is 5.32 Å². The molecule has 0 aromatic heterocycles. The van der Waals surface area contributed by atoms with Gasteiger partial charge in [-0.2, -0.15) is 0 Å². The second-order valence-corrected chi connectivity index (χ2v) is 4.98. The number of hydrogen-bond acceptors (Lipinski definition) is 1. The van der Waals surface area contributed by atoms with Crippen molar-refractivity contribution >= 4 is 30.6 Å².